The van der Waals surface area contributed by atoms with Gasteiger partial charge in [0, 0.05) is 0 Å². The van der Waals surface area contributed by atoms with E-state index in [-0.39, 0.29) is 5.02 Å². The van der Waals surface area contributed by atoms with Crippen LogP contribution >= 0.6 is 23.2 Å². The second-order valence-electron chi connectivity index (χ2n) is 4.37. The van der Waals surface area contributed by atoms with Gasteiger partial charge in [-0.15, -0.1) is 0 Å². The van der Waals surface area contributed by atoms with Gasteiger partial charge >= 0.3 is 6.18 Å². The molecule has 10 heteroatoms. The van der Waals surface area contributed by atoms with Crippen molar-refractivity contribution in [2.75, 3.05) is 4.72 Å². The number of hydrogen-bond acceptors (Lipinski definition) is 2. The van der Waals surface area contributed by atoms with Gasteiger partial charge in [0.25, 0.3) is 10.0 Å². The molecule has 0 bridgehead atoms. The minimum atomic E-state index is -4.67. The Hall–Kier alpha value is -1.51. The topological polar surface area (TPSA) is 46.2 Å². The van der Waals surface area contributed by atoms with Crippen molar-refractivity contribution < 1.29 is 26.0 Å². The Morgan fingerprint density at radius 3 is 2.17 bits per heavy atom. The van der Waals surface area contributed by atoms with E-state index in [4.69, 9.17) is 23.2 Å². The molecule has 3 nitrogen and oxygen atoms in total. The molecule has 0 aliphatic carbocycles. The van der Waals surface area contributed by atoms with Gasteiger partial charge in [-0.05, 0) is 36.4 Å². The summed E-state index contributed by atoms with van der Waals surface area (Å²) < 4.78 is 77.3. The first-order chi connectivity index (χ1) is 10.5. The van der Waals surface area contributed by atoms with E-state index in [1.54, 1.807) is 0 Å². The standard InChI is InChI=1S/C13H7Cl2F4NO2S/c14-9-3-1-7(13(17,18)19)5-11(9)20-23(21,22)12-4-2-8(16)6-10(12)15/h1-6,20H. The van der Waals surface area contributed by atoms with Crippen LogP contribution < -0.4 is 4.72 Å². The monoisotopic (exact) mass is 387 g/mol. The van der Waals surface area contributed by atoms with E-state index < -0.39 is 43.2 Å². The highest BCUT2D eigenvalue weighted by molar-refractivity contribution is 7.92. The van der Waals surface area contributed by atoms with E-state index >= 15 is 0 Å². The van der Waals surface area contributed by atoms with Crippen LogP contribution in [0.5, 0.6) is 0 Å². The number of alkyl halides is 3. The summed E-state index contributed by atoms with van der Waals surface area (Å²) in [7, 11) is -4.35. The summed E-state index contributed by atoms with van der Waals surface area (Å²) in [6, 6.07) is 4.69. The lowest BCUT2D eigenvalue weighted by Gasteiger charge is -2.13. The van der Waals surface area contributed by atoms with E-state index in [0.29, 0.717) is 12.1 Å². The minimum Gasteiger partial charge on any atom is -0.278 e. The number of sulfonamides is 1. The smallest absolute Gasteiger partial charge is 0.278 e. The van der Waals surface area contributed by atoms with Crippen LogP contribution in [0.4, 0.5) is 23.2 Å². The van der Waals surface area contributed by atoms with E-state index in [0.717, 1.165) is 24.3 Å². The molecular formula is C13H7Cl2F4NO2S. The zero-order valence-corrected chi connectivity index (χ0v) is 13.3. The van der Waals surface area contributed by atoms with Crippen molar-refractivity contribution in [3.63, 3.8) is 0 Å². The summed E-state index contributed by atoms with van der Waals surface area (Å²) in [6.07, 6.45) is -4.67. The quantitative estimate of drug-likeness (QED) is 0.757. The molecule has 0 fully saturated rings. The third-order valence-electron chi connectivity index (χ3n) is 2.72. The fourth-order valence-corrected chi connectivity index (χ4v) is 3.50. The lowest BCUT2D eigenvalue weighted by Crippen LogP contribution is -2.15. The number of hydrogen-bond donors (Lipinski definition) is 1. The molecule has 0 saturated heterocycles. The average Bonchev–Trinajstić information content (AvgIpc) is 2.39. The molecule has 2 rings (SSSR count). The van der Waals surface area contributed by atoms with E-state index in [2.05, 4.69) is 0 Å². The van der Waals surface area contributed by atoms with Crippen LogP contribution in [0.25, 0.3) is 0 Å². The Morgan fingerprint density at radius 2 is 1.61 bits per heavy atom. The van der Waals surface area contributed by atoms with Gasteiger partial charge < -0.3 is 0 Å². The van der Waals surface area contributed by atoms with Crippen molar-refractivity contribution in [1.29, 1.82) is 0 Å². The maximum Gasteiger partial charge on any atom is 0.416 e. The number of halogens is 6. The lowest BCUT2D eigenvalue weighted by molar-refractivity contribution is -0.137. The minimum absolute atomic E-state index is 0.236. The molecular weight excluding hydrogens is 381 g/mol. The largest absolute Gasteiger partial charge is 0.416 e. The molecule has 0 aromatic heterocycles. The third-order valence-corrected chi connectivity index (χ3v) is 4.90. The fraction of sp³-hybridized carbons (Fsp3) is 0.0769. The SMILES string of the molecule is O=S(=O)(Nc1cc(C(F)(F)F)ccc1Cl)c1ccc(F)cc1Cl. The van der Waals surface area contributed by atoms with Crippen molar-refractivity contribution in [3.8, 4) is 0 Å². The predicted molar refractivity (Wildman–Crippen MR) is 78.7 cm³/mol. The normalized spacial score (nSPS) is 12.3. The molecule has 23 heavy (non-hydrogen) atoms. The summed E-state index contributed by atoms with van der Waals surface area (Å²) in [5.74, 6) is -0.758. The molecule has 2 aromatic carbocycles. The van der Waals surface area contributed by atoms with Crippen LogP contribution in [0.3, 0.4) is 0 Å². The summed E-state index contributed by atoms with van der Waals surface area (Å²) >= 11 is 11.4. The summed E-state index contributed by atoms with van der Waals surface area (Å²) in [5, 5.41) is -0.652. The van der Waals surface area contributed by atoms with Gasteiger partial charge in [-0.2, -0.15) is 13.2 Å². The highest BCUT2D eigenvalue weighted by Crippen LogP contribution is 2.35. The highest BCUT2D eigenvalue weighted by Gasteiger charge is 2.31. The Kier molecular flexibility index (Phi) is 4.79. The Balaban J connectivity index is 2.45. The van der Waals surface area contributed by atoms with Gasteiger partial charge in [-0.25, -0.2) is 12.8 Å². The molecule has 0 unspecified atom stereocenters. The molecule has 2 aromatic rings. The van der Waals surface area contributed by atoms with E-state index in [9.17, 15) is 26.0 Å². The zero-order chi connectivity index (χ0) is 17.4. The van der Waals surface area contributed by atoms with Crippen molar-refractivity contribution in [2.24, 2.45) is 0 Å². The molecule has 0 saturated carbocycles. The van der Waals surface area contributed by atoms with Gasteiger partial charge in [0.15, 0.2) is 0 Å². The van der Waals surface area contributed by atoms with Crippen LogP contribution in [0.1, 0.15) is 5.56 Å². The number of anilines is 1. The number of benzene rings is 2. The van der Waals surface area contributed by atoms with Crippen LogP contribution in [0, 0.1) is 5.82 Å². The Labute approximate surface area is 138 Å². The van der Waals surface area contributed by atoms with Crippen LogP contribution in [-0.2, 0) is 16.2 Å². The summed E-state index contributed by atoms with van der Waals surface area (Å²) in [5.41, 5.74) is -1.55. The van der Waals surface area contributed by atoms with E-state index in [1.807, 2.05) is 4.72 Å². The zero-order valence-electron chi connectivity index (χ0n) is 11.0. The molecule has 124 valence electrons. The Morgan fingerprint density at radius 1 is 0.957 bits per heavy atom. The second-order valence-corrected chi connectivity index (χ2v) is 6.84. The summed E-state index contributed by atoms with van der Waals surface area (Å²) in [6.45, 7) is 0. The van der Waals surface area contributed by atoms with Gasteiger partial charge in [0.2, 0.25) is 0 Å². The van der Waals surface area contributed by atoms with Crippen molar-refractivity contribution >= 4 is 38.9 Å². The van der Waals surface area contributed by atoms with Gasteiger partial charge in [-0.3, -0.25) is 4.72 Å². The molecule has 0 atom stereocenters. The van der Waals surface area contributed by atoms with E-state index in [1.165, 1.54) is 0 Å². The van der Waals surface area contributed by atoms with Crippen molar-refractivity contribution in [3.05, 3.63) is 57.8 Å². The molecule has 0 aliphatic rings. The van der Waals surface area contributed by atoms with Crippen LogP contribution in [-0.4, -0.2) is 8.42 Å². The molecule has 0 radical (unpaired) electrons. The predicted octanol–water partition coefficient (Wildman–Crippen LogP) is 4.95. The van der Waals surface area contributed by atoms with Crippen LogP contribution in [0.15, 0.2) is 41.3 Å². The Bertz CT molecular complexity index is 854. The summed E-state index contributed by atoms with van der Waals surface area (Å²) in [4.78, 5) is -0.492. The fourth-order valence-electron chi connectivity index (χ4n) is 1.67. The molecule has 1 N–H and O–H groups in total. The van der Waals surface area contributed by atoms with Gasteiger partial charge in [-0.1, -0.05) is 23.2 Å². The lowest BCUT2D eigenvalue weighted by atomic mass is 10.2. The van der Waals surface area contributed by atoms with Crippen LogP contribution in [0.2, 0.25) is 10.0 Å². The van der Waals surface area contributed by atoms with Gasteiger partial charge in [0.05, 0.1) is 21.3 Å². The average molecular weight is 388 g/mol. The maximum absolute atomic E-state index is 13.0. The number of nitrogens with one attached hydrogen (secondary N) is 1. The number of rotatable bonds is 3. The molecule has 0 spiro atoms. The first-order valence-electron chi connectivity index (χ1n) is 5.85. The molecule has 0 aliphatic heterocycles. The molecule has 0 amide bonds. The van der Waals surface area contributed by atoms with Gasteiger partial charge in [0.1, 0.15) is 10.7 Å². The highest BCUT2D eigenvalue weighted by atomic mass is 35.5. The van der Waals surface area contributed by atoms with Crippen molar-refractivity contribution in [2.45, 2.75) is 11.1 Å². The third kappa shape index (κ3) is 4.07. The molecule has 0 heterocycles. The first-order valence-corrected chi connectivity index (χ1v) is 8.09. The first kappa shape index (κ1) is 17.8. The maximum atomic E-state index is 13.0. The van der Waals surface area contributed by atoms with Crippen molar-refractivity contribution in [1.82, 2.24) is 0 Å². The second kappa shape index (κ2) is 6.18.